The summed E-state index contributed by atoms with van der Waals surface area (Å²) in [6.07, 6.45) is 2.63. The van der Waals surface area contributed by atoms with Gasteiger partial charge in [-0.2, -0.15) is 0 Å². The van der Waals surface area contributed by atoms with E-state index in [1.807, 2.05) is 30.3 Å². The summed E-state index contributed by atoms with van der Waals surface area (Å²) in [5.41, 5.74) is 1.51. The Kier molecular flexibility index (Phi) is 6.57. The van der Waals surface area contributed by atoms with Crippen molar-refractivity contribution >= 4 is 29.5 Å². The summed E-state index contributed by atoms with van der Waals surface area (Å²) < 4.78 is 4.80. The summed E-state index contributed by atoms with van der Waals surface area (Å²) in [5.74, 6) is 0.244. The standard InChI is InChI=1S/C18H17NO4S/c1-2-23-18(20)11-8-15-12-16(9-10-17(15)19(21)22)24-13-14-6-4-3-5-7-14/h3-12H,2,13H2,1H3/b11-8+. The van der Waals surface area contributed by atoms with E-state index in [2.05, 4.69) is 0 Å². The molecule has 0 aliphatic carbocycles. The molecule has 0 atom stereocenters. The van der Waals surface area contributed by atoms with Crippen LogP contribution in [0.1, 0.15) is 18.1 Å². The molecule has 2 aromatic carbocycles. The average molecular weight is 343 g/mol. The number of esters is 1. The Labute approximate surface area is 144 Å². The first-order chi connectivity index (χ1) is 11.6. The van der Waals surface area contributed by atoms with Gasteiger partial charge in [0.2, 0.25) is 0 Å². The van der Waals surface area contributed by atoms with Crippen LogP contribution in [0.5, 0.6) is 0 Å². The molecule has 124 valence electrons. The highest BCUT2D eigenvalue weighted by molar-refractivity contribution is 7.98. The molecule has 0 bridgehead atoms. The monoisotopic (exact) mass is 343 g/mol. The molecular weight excluding hydrogens is 326 g/mol. The molecule has 2 aromatic rings. The third-order valence-corrected chi connectivity index (χ3v) is 4.19. The summed E-state index contributed by atoms with van der Waals surface area (Å²) in [4.78, 5) is 23.0. The van der Waals surface area contributed by atoms with Gasteiger partial charge in [0, 0.05) is 22.8 Å². The van der Waals surface area contributed by atoms with Crippen LogP contribution in [0.15, 0.2) is 59.5 Å². The van der Waals surface area contributed by atoms with Crippen LogP contribution in [-0.2, 0) is 15.3 Å². The molecule has 6 heteroatoms. The fourth-order valence-electron chi connectivity index (χ4n) is 2.01. The van der Waals surface area contributed by atoms with Crippen molar-refractivity contribution in [1.82, 2.24) is 0 Å². The number of nitrogens with zero attached hydrogens (tertiary/aromatic N) is 1. The van der Waals surface area contributed by atoms with E-state index in [9.17, 15) is 14.9 Å². The Hall–Kier alpha value is -2.60. The number of hydrogen-bond acceptors (Lipinski definition) is 5. The largest absolute Gasteiger partial charge is 0.463 e. The highest BCUT2D eigenvalue weighted by atomic mass is 32.2. The van der Waals surface area contributed by atoms with Gasteiger partial charge in [-0.15, -0.1) is 11.8 Å². The topological polar surface area (TPSA) is 69.4 Å². The van der Waals surface area contributed by atoms with Gasteiger partial charge in [-0.25, -0.2) is 4.79 Å². The van der Waals surface area contributed by atoms with Crippen molar-refractivity contribution in [2.24, 2.45) is 0 Å². The number of nitro groups is 1. The molecule has 0 radical (unpaired) electrons. The molecule has 0 saturated carbocycles. The summed E-state index contributed by atoms with van der Waals surface area (Å²) in [5, 5.41) is 11.1. The van der Waals surface area contributed by atoms with E-state index in [1.165, 1.54) is 23.8 Å². The first kappa shape index (κ1) is 17.7. The molecule has 0 fully saturated rings. The minimum atomic E-state index is -0.519. The SMILES string of the molecule is CCOC(=O)/C=C/c1cc(SCc2ccccc2)ccc1[N+](=O)[O-]. The van der Waals surface area contributed by atoms with Gasteiger partial charge in [-0.05, 0) is 30.7 Å². The first-order valence-corrected chi connectivity index (χ1v) is 8.38. The lowest BCUT2D eigenvalue weighted by Gasteiger charge is -2.04. The molecule has 0 unspecified atom stereocenters. The van der Waals surface area contributed by atoms with Crippen molar-refractivity contribution in [2.75, 3.05) is 6.61 Å². The smallest absolute Gasteiger partial charge is 0.330 e. The second kappa shape index (κ2) is 8.88. The summed E-state index contributed by atoms with van der Waals surface area (Å²) in [7, 11) is 0. The first-order valence-electron chi connectivity index (χ1n) is 7.40. The zero-order valence-electron chi connectivity index (χ0n) is 13.2. The lowest BCUT2D eigenvalue weighted by molar-refractivity contribution is -0.385. The number of ether oxygens (including phenoxy) is 1. The fraction of sp³-hybridized carbons (Fsp3) is 0.167. The van der Waals surface area contributed by atoms with Gasteiger partial charge in [-0.3, -0.25) is 10.1 Å². The molecule has 0 aliphatic heterocycles. The van der Waals surface area contributed by atoms with Gasteiger partial charge < -0.3 is 4.74 Å². The van der Waals surface area contributed by atoms with Crippen molar-refractivity contribution in [1.29, 1.82) is 0 Å². The summed E-state index contributed by atoms with van der Waals surface area (Å²) in [6.45, 7) is 1.97. The van der Waals surface area contributed by atoms with Crippen LogP contribution in [0.2, 0.25) is 0 Å². The molecule has 0 heterocycles. The van der Waals surface area contributed by atoms with Crippen LogP contribution >= 0.6 is 11.8 Å². The van der Waals surface area contributed by atoms with E-state index in [4.69, 9.17) is 4.74 Å². The number of nitro benzene ring substituents is 1. The van der Waals surface area contributed by atoms with Crippen molar-refractivity contribution in [2.45, 2.75) is 17.6 Å². The van der Waals surface area contributed by atoms with E-state index in [1.54, 1.807) is 30.8 Å². The van der Waals surface area contributed by atoms with Crippen molar-refractivity contribution in [3.05, 3.63) is 75.8 Å². The summed E-state index contributed by atoms with van der Waals surface area (Å²) >= 11 is 1.58. The number of hydrogen-bond donors (Lipinski definition) is 0. The minimum Gasteiger partial charge on any atom is -0.463 e. The summed E-state index contributed by atoms with van der Waals surface area (Å²) in [6, 6.07) is 14.8. The maximum absolute atomic E-state index is 11.4. The van der Waals surface area contributed by atoms with Crippen LogP contribution in [0.4, 0.5) is 5.69 Å². The van der Waals surface area contributed by atoms with E-state index in [0.29, 0.717) is 5.56 Å². The van der Waals surface area contributed by atoms with E-state index < -0.39 is 10.9 Å². The Bertz CT molecular complexity index is 744. The van der Waals surface area contributed by atoms with Crippen LogP contribution in [-0.4, -0.2) is 17.5 Å². The van der Waals surface area contributed by atoms with Crippen LogP contribution in [0.25, 0.3) is 6.08 Å². The van der Waals surface area contributed by atoms with Crippen LogP contribution in [0, 0.1) is 10.1 Å². The molecule has 0 N–H and O–H groups in total. The number of carbonyl (C=O) groups is 1. The number of thioether (sulfide) groups is 1. The zero-order chi connectivity index (χ0) is 17.4. The highest BCUT2D eigenvalue weighted by Gasteiger charge is 2.12. The molecule has 24 heavy (non-hydrogen) atoms. The lowest BCUT2D eigenvalue weighted by atomic mass is 10.1. The van der Waals surface area contributed by atoms with Gasteiger partial charge in [0.05, 0.1) is 17.1 Å². The second-order valence-corrected chi connectivity index (χ2v) is 5.89. The number of benzene rings is 2. The van der Waals surface area contributed by atoms with Gasteiger partial charge >= 0.3 is 5.97 Å². The number of carbonyl (C=O) groups excluding carboxylic acids is 1. The van der Waals surface area contributed by atoms with Crippen molar-refractivity contribution in [3.63, 3.8) is 0 Å². The van der Waals surface area contributed by atoms with Gasteiger partial charge in [0.25, 0.3) is 5.69 Å². The van der Waals surface area contributed by atoms with E-state index in [-0.39, 0.29) is 12.3 Å². The zero-order valence-corrected chi connectivity index (χ0v) is 14.0. The third-order valence-electron chi connectivity index (χ3n) is 3.13. The number of rotatable bonds is 7. The molecular formula is C18H17NO4S. The van der Waals surface area contributed by atoms with Gasteiger partial charge in [0.15, 0.2) is 0 Å². The molecule has 5 nitrogen and oxygen atoms in total. The quantitative estimate of drug-likeness (QED) is 0.244. The van der Waals surface area contributed by atoms with Gasteiger partial charge in [0.1, 0.15) is 0 Å². The van der Waals surface area contributed by atoms with E-state index in [0.717, 1.165) is 10.6 Å². The molecule has 0 saturated heterocycles. The Morgan fingerprint density at radius 2 is 2.00 bits per heavy atom. The normalized spacial score (nSPS) is 10.7. The molecule has 0 amide bonds. The minimum absolute atomic E-state index is 0.0420. The van der Waals surface area contributed by atoms with Crippen LogP contribution in [0.3, 0.4) is 0 Å². The Morgan fingerprint density at radius 1 is 1.25 bits per heavy atom. The lowest BCUT2D eigenvalue weighted by Crippen LogP contribution is -1.99. The maximum atomic E-state index is 11.4. The molecule has 0 aromatic heterocycles. The molecule has 0 spiro atoms. The average Bonchev–Trinajstić information content (AvgIpc) is 2.59. The van der Waals surface area contributed by atoms with Gasteiger partial charge in [-0.1, -0.05) is 30.3 Å². The maximum Gasteiger partial charge on any atom is 0.330 e. The fourth-order valence-corrected chi connectivity index (χ4v) is 2.91. The van der Waals surface area contributed by atoms with Crippen molar-refractivity contribution in [3.8, 4) is 0 Å². The van der Waals surface area contributed by atoms with Crippen molar-refractivity contribution < 1.29 is 14.5 Å². The Morgan fingerprint density at radius 3 is 2.67 bits per heavy atom. The molecule has 2 rings (SSSR count). The van der Waals surface area contributed by atoms with E-state index >= 15 is 0 Å². The molecule has 0 aliphatic rings. The Balaban J connectivity index is 2.17. The predicted molar refractivity (Wildman–Crippen MR) is 94.8 cm³/mol. The predicted octanol–water partition coefficient (Wildman–Crippen LogP) is 4.46. The highest BCUT2D eigenvalue weighted by Crippen LogP contribution is 2.29. The van der Waals surface area contributed by atoms with Crippen LogP contribution < -0.4 is 0 Å². The second-order valence-electron chi connectivity index (χ2n) is 4.84. The third kappa shape index (κ3) is 5.24.